The molecule has 0 atom stereocenters. The maximum absolute atomic E-state index is 12.4. The van der Waals surface area contributed by atoms with Gasteiger partial charge >= 0.3 is 0 Å². The first-order valence-electron chi connectivity index (χ1n) is 9.07. The standard InChI is InChI=1S/C20H21ClN2O4S/c21-16-11-9-15(10-12-16)5-3-13-22-19(24)8-4-14-23-20(25)17-6-1-2-7-18(17)28(23,26)27/h1-2,6-7,9-12H,3-5,8,13-14H2,(H,22,24). The fourth-order valence-corrected chi connectivity index (χ4v) is 4.83. The fraction of sp³-hybridized carbons (Fsp3) is 0.300. The van der Waals surface area contributed by atoms with Crippen LogP contribution in [0.3, 0.4) is 0 Å². The van der Waals surface area contributed by atoms with E-state index in [-0.39, 0.29) is 35.8 Å². The number of carbonyl (C=O) groups is 2. The zero-order chi connectivity index (χ0) is 20.1. The van der Waals surface area contributed by atoms with Crippen LogP contribution < -0.4 is 5.32 Å². The molecule has 0 radical (unpaired) electrons. The second-order valence-corrected chi connectivity index (χ2v) is 8.83. The largest absolute Gasteiger partial charge is 0.356 e. The van der Waals surface area contributed by atoms with Gasteiger partial charge in [-0.1, -0.05) is 35.9 Å². The molecule has 148 valence electrons. The number of hydrogen-bond donors (Lipinski definition) is 1. The lowest BCUT2D eigenvalue weighted by Crippen LogP contribution is -2.32. The van der Waals surface area contributed by atoms with E-state index < -0.39 is 15.9 Å². The molecule has 2 aromatic carbocycles. The SMILES string of the molecule is O=C(CCCN1C(=O)c2ccccc2S1(=O)=O)NCCCc1ccc(Cl)cc1. The van der Waals surface area contributed by atoms with Gasteiger partial charge in [0.25, 0.3) is 15.9 Å². The molecule has 28 heavy (non-hydrogen) atoms. The average molecular weight is 421 g/mol. The van der Waals surface area contributed by atoms with Crippen LogP contribution in [-0.2, 0) is 21.2 Å². The van der Waals surface area contributed by atoms with E-state index in [2.05, 4.69) is 5.32 Å². The van der Waals surface area contributed by atoms with Gasteiger partial charge in [-0.25, -0.2) is 12.7 Å². The van der Waals surface area contributed by atoms with Gasteiger partial charge in [-0.2, -0.15) is 0 Å². The van der Waals surface area contributed by atoms with E-state index in [4.69, 9.17) is 11.6 Å². The van der Waals surface area contributed by atoms with E-state index in [9.17, 15) is 18.0 Å². The van der Waals surface area contributed by atoms with E-state index in [0.29, 0.717) is 11.6 Å². The van der Waals surface area contributed by atoms with Crippen LogP contribution in [-0.4, -0.2) is 37.6 Å². The van der Waals surface area contributed by atoms with Crippen molar-refractivity contribution >= 4 is 33.4 Å². The van der Waals surface area contributed by atoms with Gasteiger partial charge in [0.05, 0.1) is 5.56 Å². The Kier molecular flexibility index (Phi) is 6.36. The second kappa shape index (κ2) is 8.75. The molecule has 0 unspecified atom stereocenters. The highest BCUT2D eigenvalue weighted by Gasteiger charge is 2.40. The van der Waals surface area contributed by atoms with Gasteiger partial charge in [0.1, 0.15) is 4.90 Å². The van der Waals surface area contributed by atoms with Gasteiger partial charge in [0.15, 0.2) is 0 Å². The molecule has 0 saturated heterocycles. The highest BCUT2D eigenvalue weighted by Crippen LogP contribution is 2.29. The summed E-state index contributed by atoms with van der Waals surface area (Å²) in [7, 11) is -3.81. The molecule has 0 fully saturated rings. The number of nitrogens with one attached hydrogen (secondary N) is 1. The Labute approximate surface area is 169 Å². The molecule has 0 aliphatic carbocycles. The Hall–Kier alpha value is -2.38. The number of carbonyl (C=O) groups excluding carboxylic acids is 2. The summed E-state index contributed by atoms with van der Waals surface area (Å²) in [5, 5.41) is 3.51. The van der Waals surface area contributed by atoms with E-state index in [1.165, 1.54) is 12.1 Å². The Balaban J connectivity index is 1.40. The van der Waals surface area contributed by atoms with Gasteiger partial charge in [-0.3, -0.25) is 9.59 Å². The van der Waals surface area contributed by atoms with Gasteiger partial charge in [-0.05, 0) is 49.1 Å². The number of nitrogens with zero attached hydrogens (tertiary/aromatic N) is 1. The van der Waals surface area contributed by atoms with Crippen molar-refractivity contribution in [2.75, 3.05) is 13.1 Å². The lowest BCUT2D eigenvalue weighted by Gasteiger charge is -2.14. The third-order valence-corrected chi connectivity index (χ3v) is 6.65. The highest BCUT2D eigenvalue weighted by atomic mass is 35.5. The number of benzene rings is 2. The van der Waals surface area contributed by atoms with Crippen molar-refractivity contribution in [3.8, 4) is 0 Å². The summed E-state index contributed by atoms with van der Waals surface area (Å²) < 4.78 is 25.7. The summed E-state index contributed by atoms with van der Waals surface area (Å²) in [4.78, 5) is 24.3. The summed E-state index contributed by atoms with van der Waals surface area (Å²) in [6, 6.07) is 13.7. The van der Waals surface area contributed by atoms with Crippen LogP contribution in [0.25, 0.3) is 0 Å². The average Bonchev–Trinajstić information content (AvgIpc) is 2.87. The molecule has 8 heteroatoms. The summed E-state index contributed by atoms with van der Waals surface area (Å²) in [6.07, 6.45) is 2.07. The van der Waals surface area contributed by atoms with Crippen LogP contribution >= 0.6 is 11.6 Å². The number of rotatable bonds is 8. The fourth-order valence-electron chi connectivity index (χ4n) is 3.10. The minimum Gasteiger partial charge on any atom is -0.356 e. The molecule has 0 saturated carbocycles. The molecule has 0 spiro atoms. The second-order valence-electron chi connectivity index (χ2n) is 6.56. The predicted molar refractivity (Wildman–Crippen MR) is 107 cm³/mol. The van der Waals surface area contributed by atoms with Crippen LogP contribution in [0.5, 0.6) is 0 Å². The first-order valence-corrected chi connectivity index (χ1v) is 10.9. The van der Waals surface area contributed by atoms with E-state index in [0.717, 1.165) is 22.7 Å². The number of fused-ring (bicyclic) bond motifs is 1. The van der Waals surface area contributed by atoms with Crippen molar-refractivity contribution in [2.45, 2.75) is 30.6 Å². The summed E-state index contributed by atoms with van der Waals surface area (Å²) >= 11 is 5.84. The zero-order valence-electron chi connectivity index (χ0n) is 15.2. The third-order valence-electron chi connectivity index (χ3n) is 4.55. The Bertz CT molecular complexity index is 974. The van der Waals surface area contributed by atoms with E-state index in [1.54, 1.807) is 12.1 Å². The smallest absolute Gasteiger partial charge is 0.269 e. The van der Waals surface area contributed by atoms with E-state index in [1.807, 2.05) is 24.3 Å². The van der Waals surface area contributed by atoms with E-state index >= 15 is 0 Å². The molecular formula is C20H21ClN2O4S. The molecule has 1 aliphatic heterocycles. The molecule has 1 aliphatic rings. The lowest BCUT2D eigenvalue weighted by atomic mass is 10.1. The van der Waals surface area contributed by atoms with Crippen molar-refractivity contribution in [3.05, 3.63) is 64.7 Å². The summed E-state index contributed by atoms with van der Waals surface area (Å²) in [5.41, 5.74) is 1.34. The van der Waals surface area contributed by atoms with Crippen molar-refractivity contribution in [1.29, 1.82) is 0 Å². The normalized spacial score (nSPS) is 14.8. The molecule has 2 aromatic rings. The number of sulfonamides is 1. The quantitative estimate of drug-likeness (QED) is 0.665. The molecule has 3 rings (SSSR count). The topological polar surface area (TPSA) is 83.6 Å². The van der Waals surface area contributed by atoms with Gasteiger partial charge < -0.3 is 5.32 Å². The van der Waals surface area contributed by atoms with Crippen molar-refractivity contribution < 1.29 is 18.0 Å². The maximum Gasteiger partial charge on any atom is 0.269 e. The van der Waals surface area contributed by atoms with Gasteiger partial charge in [0, 0.05) is 24.5 Å². The van der Waals surface area contributed by atoms with Crippen molar-refractivity contribution in [3.63, 3.8) is 0 Å². The summed E-state index contributed by atoms with van der Waals surface area (Å²) in [6.45, 7) is 0.530. The minimum absolute atomic E-state index is 0.00591. The monoisotopic (exact) mass is 420 g/mol. The summed E-state index contributed by atoms with van der Waals surface area (Å²) in [5.74, 6) is -0.684. The maximum atomic E-state index is 12.4. The Morgan fingerprint density at radius 2 is 1.75 bits per heavy atom. The molecular weight excluding hydrogens is 400 g/mol. The van der Waals surface area contributed by atoms with Gasteiger partial charge in [-0.15, -0.1) is 0 Å². The van der Waals surface area contributed by atoms with Gasteiger partial charge in [0.2, 0.25) is 5.91 Å². The molecule has 0 aromatic heterocycles. The van der Waals surface area contributed by atoms with Crippen LogP contribution in [0.4, 0.5) is 0 Å². The number of hydrogen-bond acceptors (Lipinski definition) is 4. The van der Waals surface area contributed by atoms with Crippen LogP contribution in [0, 0.1) is 0 Å². The minimum atomic E-state index is -3.81. The van der Waals surface area contributed by atoms with Crippen molar-refractivity contribution in [1.82, 2.24) is 9.62 Å². The van der Waals surface area contributed by atoms with Crippen LogP contribution in [0.15, 0.2) is 53.4 Å². The Morgan fingerprint density at radius 3 is 2.46 bits per heavy atom. The first-order chi connectivity index (χ1) is 13.4. The van der Waals surface area contributed by atoms with Crippen molar-refractivity contribution in [2.24, 2.45) is 0 Å². The molecule has 2 amide bonds. The molecule has 1 N–H and O–H groups in total. The van der Waals surface area contributed by atoms with Crippen LogP contribution in [0.1, 0.15) is 35.2 Å². The number of halogens is 1. The molecule has 0 bridgehead atoms. The first kappa shape index (κ1) is 20.4. The predicted octanol–water partition coefficient (Wildman–Crippen LogP) is 3.01. The highest BCUT2D eigenvalue weighted by molar-refractivity contribution is 7.90. The Morgan fingerprint density at radius 1 is 1.04 bits per heavy atom. The van der Waals surface area contributed by atoms with Crippen LogP contribution in [0.2, 0.25) is 5.02 Å². The number of amides is 2. The third kappa shape index (κ3) is 4.54. The molecule has 6 nitrogen and oxygen atoms in total. The zero-order valence-corrected chi connectivity index (χ0v) is 16.8. The molecule has 1 heterocycles. The number of aryl methyl sites for hydroxylation is 1. The lowest BCUT2D eigenvalue weighted by molar-refractivity contribution is -0.121.